The van der Waals surface area contributed by atoms with Crippen LogP contribution in [0, 0.1) is 5.41 Å². The number of ether oxygens (including phenoxy) is 2. The number of hydrogen-bond donors (Lipinski definition) is 3. The van der Waals surface area contributed by atoms with Crippen molar-refractivity contribution >= 4 is 23.3 Å². The number of amides is 1. The van der Waals surface area contributed by atoms with E-state index in [-0.39, 0.29) is 23.5 Å². The first-order valence-corrected chi connectivity index (χ1v) is 13.2. The minimum Gasteiger partial charge on any atom is -0.489 e. The predicted octanol–water partition coefficient (Wildman–Crippen LogP) is 5.27. The van der Waals surface area contributed by atoms with Crippen molar-refractivity contribution in [2.75, 3.05) is 24.1 Å². The molecule has 1 amide bonds. The summed E-state index contributed by atoms with van der Waals surface area (Å²) >= 11 is 0. The number of hydrogen-bond acceptors (Lipinski definition) is 8. The summed E-state index contributed by atoms with van der Waals surface area (Å²) in [7, 11) is 0. The molecule has 1 fully saturated rings. The number of benzene rings is 3. The van der Waals surface area contributed by atoms with Crippen LogP contribution in [0.2, 0.25) is 0 Å². The van der Waals surface area contributed by atoms with Crippen molar-refractivity contribution in [1.29, 1.82) is 5.41 Å². The topological polar surface area (TPSA) is 126 Å². The van der Waals surface area contributed by atoms with Crippen molar-refractivity contribution in [3.63, 3.8) is 0 Å². The van der Waals surface area contributed by atoms with E-state index in [0.29, 0.717) is 47.3 Å². The molecular weight excluding hydrogens is 504 g/mol. The van der Waals surface area contributed by atoms with E-state index in [0.717, 1.165) is 24.9 Å². The van der Waals surface area contributed by atoms with Gasteiger partial charge < -0.3 is 25.4 Å². The smallest absolute Gasteiger partial charge is 0.219 e. The van der Waals surface area contributed by atoms with Gasteiger partial charge in [-0.3, -0.25) is 10.2 Å². The Morgan fingerprint density at radius 3 is 2.58 bits per heavy atom. The van der Waals surface area contributed by atoms with Crippen LogP contribution in [0.25, 0.3) is 0 Å². The largest absolute Gasteiger partial charge is 0.489 e. The Hall–Kier alpha value is -4.92. The van der Waals surface area contributed by atoms with Crippen molar-refractivity contribution in [3.8, 4) is 17.2 Å². The molecule has 2 heterocycles. The summed E-state index contributed by atoms with van der Waals surface area (Å²) in [5.74, 6) is 2.74. The van der Waals surface area contributed by atoms with Crippen molar-refractivity contribution in [1.82, 2.24) is 14.9 Å². The number of carbonyl (C=O) groups excluding carboxylic acids is 1. The number of nitrogens with one attached hydrogen (secondary N) is 2. The van der Waals surface area contributed by atoms with Crippen LogP contribution in [0.1, 0.15) is 36.5 Å². The van der Waals surface area contributed by atoms with Gasteiger partial charge in [0.05, 0.1) is 11.3 Å². The van der Waals surface area contributed by atoms with Crippen LogP contribution in [-0.2, 0) is 11.4 Å². The van der Waals surface area contributed by atoms with Crippen LogP contribution in [0.4, 0.5) is 11.6 Å². The van der Waals surface area contributed by atoms with E-state index in [2.05, 4.69) is 15.3 Å². The molecule has 1 atom stereocenters. The molecule has 3 aromatic carbocycles. The highest BCUT2D eigenvalue weighted by molar-refractivity contribution is 6.16. The number of nitrogens with zero attached hydrogens (tertiary/aromatic N) is 3. The Morgan fingerprint density at radius 1 is 1.02 bits per heavy atom. The number of rotatable bonds is 9. The van der Waals surface area contributed by atoms with Gasteiger partial charge in [0.2, 0.25) is 5.91 Å². The number of carbonyl (C=O) groups is 1. The van der Waals surface area contributed by atoms with Gasteiger partial charge >= 0.3 is 0 Å². The summed E-state index contributed by atoms with van der Waals surface area (Å²) < 4.78 is 12.0. The molecule has 4 aromatic rings. The average Bonchev–Trinajstić information content (AvgIpc) is 2.97. The second-order valence-electron chi connectivity index (χ2n) is 9.68. The van der Waals surface area contributed by atoms with Gasteiger partial charge in [-0.25, -0.2) is 9.97 Å². The third-order valence-electron chi connectivity index (χ3n) is 6.77. The maximum absolute atomic E-state index is 11.9. The first-order chi connectivity index (χ1) is 19.5. The summed E-state index contributed by atoms with van der Waals surface area (Å²) in [6.07, 6.45) is 3.17. The molecule has 9 heteroatoms. The molecule has 1 aromatic heterocycles. The summed E-state index contributed by atoms with van der Waals surface area (Å²) in [5, 5.41) is 12.3. The normalized spacial score (nSPS) is 14.8. The van der Waals surface area contributed by atoms with E-state index in [1.165, 1.54) is 6.33 Å². The SMILES string of the molecule is CC(=O)N1CCCC(Nc2ncnc(N)c2C(=N)c2ccc(Oc3cccc(OCc4ccccc4)c3)cc2)C1. The lowest BCUT2D eigenvalue weighted by molar-refractivity contribution is -0.129. The number of piperidine rings is 1. The highest BCUT2D eigenvalue weighted by atomic mass is 16.5. The quantitative estimate of drug-likeness (QED) is 0.249. The van der Waals surface area contributed by atoms with E-state index in [1.807, 2.05) is 71.6 Å². The van der Waals surface area contributed by atoms with Gasteiger partial charge in [0.1, 0.15) is 41.8 Å². The molecule has 0 bridgehead atoms. The van der Waals surface area contributed by atoms with Crippen molar-refractivity contribution < 1.29 is 14.3 Å². The van der Waals surface area contributed by atoms with E-state index in [9.17, 15) is 4.79 Å². The zero-order chi connectivity index (χ0) is 27.9. The van der Waals surface area contributed by atoms with Gasteiger partial charge in [-0.2, -0.15) is 0 Å². The Labute approximate surface area is 233 Å². The molecule has 0 aliphatic carbocycles. The molecule has 1 aliphatic rings. The maximum atomic E-state index is 11.9. The molecular formula is C31H32N6O3. The fourth-order valence-corrected chi connectivity index (χ4v) is 4.67. The molecule has 0 saturated carbocycles. The molecule has 4 N–H and O–H groups in total. The monoisotopic (exact) mass is 536 g/mol. The third kappa shape index (κ3) is 6.55. The second-order valence-corrected chi connectivity index (χ2v) is 9.68. The minimum absolute atomic E-state index is 0.0155. The molecule has 1 aliphatic heterocycles. The zero-order valence-electron chi connectivity index (χ0n) is 22.3. The first kappa shape index (κ1) is 26.7. The highest BCUT2D eigenvalue weighted by Gasteiger charge is 2.24. The Morgan fingerprint density at radius 2 is 1.80 bits per heavy atom. The molecule has 0 radical (unpaired) electrons. The average molecular weight is 537 g/mol. The highest BCUT2D eigenvalue weighted by Crippen LogP contribution is 2.28. The fourth-order valence-electron chi connectivity index (χ4n) is 4.67. The van der Waals surface area contributed by atoms with Gasteiger partial charge in [0.15, 0.2) is 0 Å². The Bertz CT molecular complexity index is 1480. The fraction of sp³-hybridized carbons (Fsp3) is 0.226. The first-order valence-electron chi connectivity index (χ1n) is 13.2. The van der Waals surface area contributed by atoms with Crippen LogP contribution in [0.15, 0.2) is 85.2 Å². The van der Waals surface area contributed by atoms with Crippen LogP contribution in [-0.4, -0.2) is 45.6 Å². The van der Waals surface area contributed by atoms with E-state index >= 15 is 0 Å². The van der Waals surface area contributed by atoms with Crippen LogP contribution in [0.3, 0.4) is 0 Å². The lowest BCUT2D eigenvalue weighted by Crippen LogP contribution is -2.44. The van der Waals surface area contributed by atoms with Gasteiger partial charge in [-0.15, -0.1) is 0 Å². The van der Waals surface area contributed by atoms with Crippen LogP contribution < -0.4 is 20.5 Å². The number of nitrogens with two attached hydrogens (primary N) is 1. The molecule has 9 nitrogen and oxygen atoms in total. The van der Waals surface area contributed by atoms with Crippen LogP contribution >= 0.6 is 0 Å². The van der Waals surface area contributed by atoms with Crippen molar-refractivity contribution in [3.05, 3.63) is 102 Å². The molecule has 0 spiro atoms. The summed E-state index contributed by atoms with van der Waals surface area (Å²) in [5.41, 5.74) is 8.58. The zero-order valence-corrected chi connectivity index (χ0v) is 22.3. The van der Waals surface area contributed by atoms with Gasteiger partial charge in [0, 0.05) is 37.7 Å². The number of aromatic nitrogens is 2. The van der Waals surface area contributed by atoms with E-state index < -0.39 is 0 Å². The van der Waals surface area contributed by atoms with Crippen molar-refractivity contribution in [2.45, 2.75) is 32.4 Å². The van der Waals surface area contributed by atoms with Gasteiger partial charge in [0.25, 0.3) is 0 Å². The summed E-state index contributed by atoms with van der Waals surface area (Å²) in [6, 6.07) is 24.7. The molecule has 204 valence electrons. The summed E-state index contributed by atoms with van der Waals surface area (Å²) in [4.78, 5) is 22.2. The van der Waals surface area contributed by atoms with Crippen molar-refractivity contribution in [2.24, 2.45) is 0 Å². The van der Waals surface area contributed by atoms with Crippen LogP contribution in [0.5, 0.6) is 17.2 Å². The lowest BCUT2D eigenvalue weighted by Gasteiger charge is -2.33. The Balaban J connectivity index is 1.26. The summed E-state index contributed by atoms with van der Waals surface area (Å²) in [6.45, 7) is 3.38. The molecule has 1 saturated heterocycles. The standard InChI is InChI=1S/C31H32N6O3/c1-21(38)37-16-6-9-24(18-37)36-31-28(30(33)34-20-35-31)29(32)23-12-14-25(15-13-23)40-27-11-5-10-26(17-27)39-19-22-7-3-2-4-8-22/h2-5,7-8,10-15,17,20,24,32H,6,9,16,18-19H2,1H3,(H3,33,34,35,36). The minimum atomic E-state index is 0.0155. The van der Waals surface area contributed by atoms with E-state index in [4.69, 9.17) is 20.6 Å². The molecule has 5 rings (SSSR count). The predicted molar refractivity (Wildman–Crippen MR) is 155 cm³/mol. The third-order valence-corrected chi connectivity index (χ3v) is 6.77. The molecule has 1 unspecified atom stereocenters. The van der Waals surface area contributed by atoms with E-state index in [1.54, 1.807) is 19.1 Å². The van der Waals surface area contributed by atoms with Gasteiger partial charge in [-0.1, -0.05) is 36.4 Å². The maximum Gasteiger partial charge on any atom is 0.219 e. The Kier molecular flexibility index (Phi) is 8.20. The van der Waals surface area contributed by atoms with Gasteiger partial charge in [-0.05, 0) is 54.8 Å². The number of anilines is 2. The molecule has 40 heavy (non-hydrogen) atoms. The second kappa shape index (κ2) is 12.3. The number of likely N-dealkylation sites (tertiary alicyclic amines) is 1. The number of nitrogen functional groups attached to an aromatic ring is 1. The lowest BCUT2D eigenvalue weighted by atomic mass is 10.0.